The molecular formula is C21H22FNO5. The quantitative estimate of drug-likeness (QED) is 0.771. The van der Waals surface area contributed by atoms with Crippen molar-refractivity contribution in [2.24, 2.45) is 0 Å². The Balaban J connectivity index is 1.71. The summed E-state index contributed by atoms with van der Waals surface area (Å²) in [6.45, 7) is 2.01. The zero-order chi connectivity index (χ0) is 20.1. The van der Waals surface area contributed by atoms with Gasteiger partial charge in [-0.05, 0) is 48.7 Å². The van der Waals surface area contributed by atoms with Crippen LogP contribution in [0.25, 0.3) is 0 Å². The molecule has 1 aliphatic heterocycles. The number of esters is 1. The van der Waals surface area contributed by atoms with Crippen molar-refractivity contribution in [3.63, 3.8) is 0 Å². The fraction of sp³-hybridized carbons (Fsp3) is 0.333. The topological polar surface area (TPSA) is 73.9 Å². The molecule has 0 saturated heterocycles. The number of hydrogen-bond donors (Lipinski definition) is 1. The van der Waals surface area contributed by atoms with E-state index in [1.807, 2.05) is 24.3 Å². The van der Waals surface area contributed by atoms with Crippen molar-refractivity contribution in [3.8, 4) is 5.75 Å². The van der Waals surface area contributed by atoms with E-state index in [1.165, 1.54) is 31.4 Å². The Hall–Kier alpha value is -2.93. The first kappa shape index (κ1) is 19.8. The van der Waals surface area contributed by atoms with E-state index in [0.29, 0.717) is 6.61 Å². The molecule has 2 aromatic carbocycles. The van der Waals surface area contributed by atoms with Gasteiger partial charge in [0.1, 0.15) is 11.6 Å². The molecule has 0 radical (unpaired) electrons. The van der Waals surface area contributed by atoms with Gasteiger partial charge >= 0.3 is 5.97 Å². The molecule has 0 saturated carbocycles. The second-order valence-electron chi connectivity index (χ2n) is 6.58. The number of halogens is 1. The lowest BCUT2D eigenvalue weighted by atomic mass is 9.87. The van der Waals surface area contributed by atoms with Crippen molar-refractivity contribution in [2.75, 3.05) is 20.3 Å². The maximum absolute atomic E-state index is 13.1. The molecule has 2 aromatic rings. The summed E-state index contributed by atoms with van der Waals surface area (Å²) in [5, 5.41) is 2.72. The monoisotopic (exact) mass is 387 g/mol. The third-order valence-electron chi connectivity index (χ3n) is 4.73. The number of methoxy groups -OCH3 is 1. The molecule has 0 aliphatic carbocycles. The van der Waals surface area contributed by atoms with Gasteiger partial charge in [0.25, 0.3) is 5.91 Å². The number of rotatable bonds is 6. The molecule has 0 spiro atoms. The highest BCUT2D eigenvalue weighted by Gasteiger charge is 2.40. The number of fused-ring (bicyclic) bond motifs is 1. The molecule has 1 aliphatic rings. The Morgan fingerprint density at radius 3 is 2.64 bits per heavy atom. The lowest BCUT2D eigenvalue weighted by molar-refractivity contribution is -0.151. The first-order chi connectivity index (χ1) is 13.4. The summed E-state index contributed by atoms with van der Waals surface area (Å²) in [6, 6.07) is 12.8. The number of amides is 1. The van der Waals surface area contributed by atoms with Crippen LogP contribution in [0.3, 0.4) is 0 Å². The second kappa shape index (κ2) is 8.39. The zero-order valence-electron chi connectivity index (χ0n) is 15.7. The molecular weight excluding hydrogens is 365 g/mol. The van der Waals surface area contributed by atoms with Crippen LogP contribution in [0.15, 0.2) is 48.5 Å². The van der Waals surface area contributed by atoms with Gasteiger partial charge in [0.2, 0.25) is 6.10 Å². The predicted octanol–water partition coefficient (Wildman–Crippen LogP) is 2.35. The van der Waals surface area contributed by atoms with Crippen LogP contribution in [-0.4, -0.2) is 38.2 Å². The maximum Gasteiger partial charge on any atom is 0.348 e. The maximum atomic E-state index is 13.1. The molecule has 1 N–H and O–H groups in total. The molecule has 1 heterocycles. The minimum absolute atomic E-state index is 0.121. The van der Waals surface area contributed by atoms with Crippen LogP contribution < -0.4 is 10.1 Å². The van der Waals surface area contributed by atoms with Crippen LogP contribution in [0.5, 0.6) is 5.75 Å². The summed E-state index contributed by atoms with van der Waals surface area (Å²) in [7, 11) is 1.23. The summed E-state index contributed by atoms with van der Waals surface area (Å²) in [6.07, 6.45) is -0.348. The van der Waals surface area contributed by atoms with Gasteiger partial charge in [0.15, 0.2) is 5.60 Å². The van der Waals surface area contributed by atoms with Gasteiger partial charge in [-0.25, -0.2) is 9.18 Å². The Labute approximate surface area is 162 Å². The molecule has 148 valence electrons. The Bertz CT molecular complexity index is 854. The lowest BCUT2D eigenvalue weighted by Crippen LogP contribution is -2.50. The van der Waals surface area contributed by atoms with Crippen LogP contribution in [-0.2, 0) is 31.1 Å². The van der Waals surface area contributed by atoms with Crippen molar-refractivity contribution in [1.29, 1.82) is 0 Å². The van der Waals surface area contributed by atoms with E-state index in [2.05, 4.69) is 5.32 Å². The van der Waals surface area contributed by atoms with E-state index < -0.39 is 23.5 Å². The largest absolute Gasteiger partial charge is 0.477 e. The van der Waals surface area contributed by atoms with Crippen LogP contribution >= 0.6 is 0 Å². The van der Waals surface area contributed by atoms with Gasteiger partial charge in [-0.15, -0.1) is 0 Å². The highest BCUT2D eigenvalue weighted by molar-refractivity contribution is 5.87. The van der Waals surface area contributed by atoms with E-state index >= 15 is 0 Å². The van der Waals surface area contributed by atoms with Gasteiger partial charge in [0, 0.05) is 0 Å². The SMILES string of the molecule is COC(=O)C(CNC(=O)C1(C)OCCc2ccccc21)Oc1ccc(F)cc1. The van der Waals surface area contributed by atoms with Crippen molar-refractivity contribution in [3.05, 3.63) is 65.5 Å². The van der Waals surface area contributed by atoms with Crippen molar-refractivity contribution < 1.29 is 28.2 Å². The third-order valence-corrected chi connectivity index (χ3v) is 4.73. The second-order valence-corrected chi connectivity index (χ2v) is 6.58. The molecule has 0 aromatic heterocycles. The van der Waals surface area contributed by atoms with E-state index in [0.717, 1.165) is 17.5 Å². The highest BCUT2D eigenvalue weighted by atomic mass is 19.1. The first-order valence-corrected chi connectivity index (χ1v) is 8.94. The summed E-state index contributed by atoms with van der Waals surface area (Å²) >= 11 is 0. The normalized spacial score (nSPS) is 19.2. The van der Waals surface area contributed by atoms with Gasteiger partial charge in [-0.1, -0.05) is 24.3 Å². The van der Waals surface area contributed by atoms with Crippen molar-refractivity contribution >= 4 is 11.9 Å². The summed E-state index contributed by atoms with van der Waals surface area (Å²) in [5.74, 6) is -1.16. The molecule has 2 unspecified atom stereocenters. The molecule has 2 atom stereocenters. The van der Waals surface area contributed by atoms with Gasteiger partial charge in [-0.2, -0.15) is 0 Å². The fourth-order valence-corrected chi connectivity index (χ4v) is 3.17. The van der Waals surface area contributed by atoms with Crippen LogP contribution in [0, 0.1) is 5.82 Å². The predicted molar refractivity (Wildman–Crippen MR) is 99.3 cm³/mol. The molecule has 7 heteroatoms. The van der Waals surface area contributed by atoms with Crippen LogP contribution in [0.2, 0.25) is 0 Å². The molecule has 1 amide bonds. The van der Waals surface area contributed by atoms with Crippen molar-refractivity contribution in [2.45, 2.75) is 25.0 Å². The first-order valence-electron chi connectivity index (χ1n) is 8.94. The van der Waals surface area contributed by atoms with E-state index in [4.69, 9.17) is 14.2 Å². The Kier molecular flexibility index (Phi) is 5.94. The average Bonchev–Trinajstić information content (AvgIpc) is 2.72. The van der Waals surface area contributed by atoms with Crippen LogP contribution in [0.1, 0.15) is 18.1 Å². The number of ether oxygens (including phenoxy) is 3. The third kappa shape index (κ3) is 4.14. The lowest BCUT2D eigenvalue weighted by Gasteiger charge is -2.35. The summed E-state index contributed by atoms with van der Waals surface area (Å²) < 4.78 is 29.2. The number of carbonyl (C=O) groups is 2. The summed E-state index contributed by atoms with van der Waals surface area (Å²) in [4.78, 5) is 24.9. The molecule has 0 bridgehead atoms. The van der Waals surface area contributed by atoms with E-state index in [-0.39, 0.29) is 18.2 Å². The zero-order valence-corrected chi connectivity index (χ0v) is 15.7. The van der Waals surface area contributed by atoms with Gasteiger partial charge in [0.05, 0.1) is 20.3 Å². The smallest absolute Gasteiger partial charge is 0.348 e. The fourth-order valence-electron chi connectivity index (χ4n) is 3.17. The van der Waals surface area contributed by atoms with Gasteiger partial charge < -0.3 is 19.5 Å². The minimum Gasteiger partial charge on any atom is -0.477 e. The number of hydrogen-bond acceptors (Lipinski definition) is 5. The molecule has 3 rings (SSSR count). The average molecular weight is 387 g/mol. The Morgan fingerprint density at radius 1 is 1.21 bits per heavy atom. The molecule has 0 fully saturated rings. The Morgan fingerprint density at radius 2 is 1.93 bits per heavy atom. The summed E-state index contributed by atoms with van der Waals surface area (Å²) in [5.41, 5.74) is 0.692. The molecule has 28 heavy (non-hydrogen) atoms. The van der Waals surface area contributed by atoms with Crippen molar-refractivity contribution in [1.82, 2.24) is 5.32 Å². The van der Waals surface area contributed by atoms with Gasteiger partial charge in [-0.3, -0.25) is 4.79 Å². The van der Waals surface area contributed by atoms with Crippen LogP contribution in [0.4, 0.5) is 4.39 Å². The minimum atomic E-state index is -1.16. The number of nitrogens with one attached hydrogen (secondary N) is 1. The van der Waals surface area contributed by atoms with E-state index in [1.54, 1.807) is 6.92 Å². The standard InChI is InChI=1S/C21H22FNO5/c1-21(17-6-4-3-5-14(17)11-12-27-21)20(25)23-13-18(19(24)26-2)28-16-9-7-15(22)8-10-16/h3-10,18H,11-13H2,1-2H3,(H,23,25). The molecule has 6 nitrogen and oxygen atoms in total. The highest BCUT2D eigenvalue weighted by Crippen LogP contribution is 2.33. The van der Waals surface area contributed by atoms with E-state index in [9.17, 15) is 14.0 Å². The number of carbonyl (C=O) groups excluding carboxylic acids is 2. The number of benzene rings is 2.